The zero-order valence-electron chi connectivity index (χ0n) is 13.2. The maximum Gasteiger partial charge on any atom is 0.326 e. The van der Waals surface area contributed by atoms with E-state index in [1.54, 1.807) is 18.2 Å². The Morgan fingerprint density at radius 2 is 2.21 bits per heavy atom. The average Bonchev–Trinajstić information content (AvgIpc) is 2.52. The van der Waals surface area contributed by atoms with Crippen LogP contribution in [0.1, 0.15) is 32.6 Å². The van der Waals surface area contributed by atoms with E-state index in [4.69, 9.17) is 16.7 Å². The van der Waals surface area contributed by atoms with Gasteiger partial charge >= 0.3 is 5.97 Å². The van der Waals surface area contributed by atoms with Crippen LogP contribution in [0, 0.1) is 0 Å². The van der Waals surface area contributed by atoms with Gasteiger partial charge < -0.3 is 15.7 Å². The molecule has 0 spiro atoms. The highest BCUT2D eigenvalue weighted by Gasteiger charge is 2.30. The van der Waals surface area contributed by atoms with Gasteiger partial charge in [0.05, 0.1) is 10.9 Å². The van der Waals surface area contributed by atoms with Crippen LogP contribution in [0.2, 0.25) is 5.02 Å². The van der Waals surface area contributed by atoms with E-state index in [2.05, 4.69) is 10.6 Å². The van der Waals surface area contributed by atoms with Crippen LogP contribution in [0.3, 0.4) is 0 Å². The predicted octanol–water partition coefficient (Wildman–Crippen LogP) is 2.90. The number of fused-ring (bicyclic) bond motifs is 1. The molecule has 0 radical (unpaired) electrons. The van der Waals surface area contributed by atoms with Crippen LogP contribution in [0.4, 0.5) is 5.69 Å². The molecule has 130 valence electrons. The van der Waals surface area contributed by atoms with E-state index >= 15 is 0 Å². The number of unbranched alkanes of at least 4 members (excludes halogenated alkanes) is 1. The first-order valence-electron chi connectivity index (χ1n) is 7.70. The van der Waals surface area contributed by atoms with Gasteiger partial charge in [0.15, 0.2) is 0 Å². The third-order valence-corrected chi connectivity index (χ3v) is 5.12. The van der Waals surface area contributed by atoms with Crippen molar-refractivity contribution in [2.75, 3.05) is 5.32 Å². The monoisotopic (exact) mass is 370 g/mol. The Kier molecular flexibility index (Phi) is 6.51. The Balaban J connectivity index is 1.97. The molecule has 1 aromatic rings. The number of benzene rings is 1. The molecule has 0 saturated heterocycles. The Bertz CT molecular complexity index is 653. The van der Waals surface area contributed by atoms with Crippen molar-refractivity contribution in [1.29, 1.82) is 0 Å². The van der Waals surface area contributed by atoms with E-state index in [9.17, 15) is 14.4 Å². The van der Waals surface area contributed by atoms with Gasteiger partial charge in [-0.2, -0.15) is 0 Å². The van der Waals surface area contributed by atoms with E-state index in [1.807, 2.05) is 6.92 Å². The number of hydrogen-bond acceptors (Lipinski definition) is 4. The largest absolute Gasteiger partial charge is 0.480 e. The van der Waals surface area contributed by atoms with Crippen molar-refractivity contribution in [2.45, 2.75) is 48.8 Å². The second kappa shape index (κ2) is 8.39. The van der Waals surface area contributed by atoms with Gasteiger partial charge in [-0.25, -0.2) is 4.79 Å². The van der Waals surface area contributed by atoms with Gasteiger partial charge in [0.1, 0.15) is 6.04 Å². The fourth-order valence-corrected chi connectivity index (χ4v) is 3.61. The number of hydrogen-bond donors (Lipinski definition) is 3. The van der Waals surface area contributed by atoms with Crippen molar-refractivity contribution in [2.24, 2.45) is 0 Å². The molecule has 1 unspecified atom stereocenters. The molecule has 24 heavy (non-hydrogen) atoms. The molecular formula is C16H19ClN2O4S. The van der Waals surface area contributed by atoms with Crippen molar-refractivity contribution in [1.82, 2.24) is 5.32 Å². The summed E-state index contributed by atoms with van der Waals surface area (Å²) in [6.45, 7) is 1.95. The van der Waals surface area contributed by atoms with Crippen LogP contribution >= 0.6 is 23.4 Å². The molecule has 1 aliphatic heterocycles. The highest BCUT2D eigenvalue weighted by Crippen LogP contribution is 2.38. The van der Waals surface area contributed by atoms with Crippen molar-refractivity contribution < 1.29 is 19.5 Å². The number of rotatable bonds is 7. The van der Waals surface area contributed by atoms with E-state index < -0.39 is 23.2 Å². The van der Waals surface area contributed by atoms with Crippen molar-refractivity contribution >= 4 is 46.8 Å². The molecule has 0 aromatic heterocycles. The number of carbonyl (C=O) groups excluding carboxylic acids is 2. The van der Waals surface area contributed by atoms with Crippen molar-refractivity contribution in [3.05, 3.63) is 23.2 Å². The fourth-order valence-electron chi connectivity index (χ4n) is 2.34. The van der Waals surface area contributed by atoms with E-state index in [0.717, 1.165) is 11.3 Å². The Hall–Kier alpha value is -1.73. The van der Waals surface area contributed by atoms with Crippen molar-refractivity contribution in [3.63, 3.8) is 0 Å². The minimum Gasteiger partial charge on any atom is -0.480 e. The smallest absolute Gasteiger partial charge is 0.326 e. The van der Waals surface area contributed by atoms with Crippen LogP contribution in [-0.4, -0.2) is 34.2 Å². The molecule has 1 aliphatic rings. The molecular weight excluding hydrogens is 352 g/mol. The number of aliphatic carboxylic acids is 1. The first-order valence-corrected chi connectivity index (χ1v) is 8.95. The molecule has 2 rings (SSSR count). The maximum atomic E-state index is 12.1. The molecule has 0 saturated carbocycles. The van der Waals surface area contributed by atoms with Crippen molar-refractivity contribution in [3.8, 4) is 0 Å². The number of carboxylic acids is 1. The van der Waals surface area contributed by atoms with Crippen LogP contribution in [0.15, 0.2) is 23.1 Å². The number of nitrogens with one attached hydrogen (secondary N) is 2. The number of anilines is 1. The second-order valence-electron chi connectivity index (χ2n) is 5.54. The Morgan fingerprint density at radius 3 is 2.88 bits per heavy atom. The molecule has 6 nitrogen and oxygen atoms in total. The lowest BCUT2D eigenvalue weighted by atomic mass is 10.1. The standard InChI is InChI=1S/C16H19ClN2O4S/c1-2-3-4-10(16(22)23)18-14(20)8-13-15(21)19-11-7-9(17)5-6-12(11)24-13/h5-7,10,13H,2-4,8H2,1H3,(H,18,20)(H,19,21)(H,22,23)/t10-,13?/m0/s1. The van der Waals surface area contributed by atoms with Gasteiger partial charge in [0.2, 0.25) is 11.8 Å². The summed E-state index contributed by atoms with van der Waals surface area (Å²) >= 11 is 7.17. The lowest BCUT2D eigenvalue weighted by Gasteiger charge is -2.24. The highest BCUT2D eigenvalue weighted by atomic mass is 35.5. The zero-order chi connectivity index (χ0) is 17.7. The third kappa shape index (κ3) is 4.88. The molecule has 2 atom stereocenters. The van der Waals surface area contributed by atoms with Gasteiger partial charge in [0.25, 0.3) is 0 Å². The number of amides is 2. The summed E-state index contributed by atoms with van der Waals surface area (Å²) in [6, 6.07) is 4.24. The quantitative estimate of drug-likeness (QED) is 0.685. The average molecular weight is 371 g/mol. The maximum absolute atomic E-state index is 12.1. The number of halogens is 1. The summed E-state index contributed by atoms with van der Waals surface area (Å²) in [6.07, 6.45) is 1.86. The number of thioether (sulfide) groups is 1. The lowest BCUT2D eigenvalue weighted by molar-refractivity contribution is -0.142. The molecule has 1 aromatic carbocycles. The zero-order valence-corrected chi connectivity index (χ0v) is 14.7. The van der Waals surface area contributed by atoms with Gasteiger partial charge in [0, 0.05) is 16.3 Å². The third-order valence-electron chi connectivity index (χ3n) is 3.61. The molecule has 0 aliphatic carbocycles. The first kappa shape index (κ1) is 18.6. The normalized spacial score (nSPS) is 17.6. The molecule has 3 N–H and O–H groups in total. The molecule has 0 bridgehead atoms. The second-order valence-corrected chi connectivity index (χ2v) is 7.22. The molecule has 2 amide bonds. The fraction of sp³-hybridized carbons (Fsp3) is 0.438. The Morgan fingerprint density at radius 1 is 1.46 bits per heavy atom. The summed E-state index contributed by atoms with van der Waals surface area (Å²) in [4.78, 5) is 36.2. The minimum absolute atomic E-state index is 0.0749. The van der Waals surface area contributed by atoms with Crippen LogP contribution in [-0.2, 0) is 14.4 Å². The summed E-state index contributed by atoms with van der Waals surface area (Å²) in [5.41, 5.74) is 0.625. The van der Waals surface area contributed by atoms with Gasteiger partial charge in [-0.05, 0) is 24.6 Å². The highest BCUT2D eigenvalue weighted by molar-refractivity contribution is 8.01. The van der Waals surface area contributed by atoms with Crippen LogP contribution < -0.4 is 10.6 Å². The molecule has 0 fully saturated rings. The molecule has 8 heteroatoms. The number of carbonyl (C=O) groups is 3. The SMILES string of the molecule is CCCC[C@H](NC(=O)CC1Sc2ccc(Cl)cc2NC1=O)C(=O)O. The van der Waals surface area contributed by atoms with Gasteiger partial charge in [-0.1, -0.05) is 31.4 Å². The van der Waals surface area contributed by atoms with Crippen LogP contribution in [0.25, 0.3) is 0 Å². The first-order chi connectivity index (χ1) is 11.4. The Labute approximate surface area is 149 Å². The molecule has 1 heterocycles. The van der Waals surface area contributed by atoms with E-state index in [1.165, 1.54) is 11.8 Å². The van der Waals surface area contributed by atoms with E-state index in [-0.39, 0.29) is 12.3 Å². The predicted molar refractivity (Wildman–Crippen MR) is 93.4 cm³/mol. The summed E-state index contributed by atoms with van der Waals surface area (Å²) in [5.74, 6) is -1.79. The number of carboxylic acid groups (broad SMARTS) is 1. The van der Waals surface area contributed by atoms with Crippen LogP contribution in [0.5, 0.6) is 0 Å². The van der Waals surface area contributed by atoms with E-state index in [0.29, 0.717) is 23.6 Å². The minimum atomic E-state index is -1.06. The topological polar surface area (TPSA) is 95.5 Å². The lowest BCUT2D eigenvalue weighted by Crippen LogP contribution is -2.43. The summed E-state index contributed by atoms with van der Waals surface area (Å²) in [7, 11) is 0. The summed E-state index contributed by atoms with van der Waals surface area (Å²) < 4.78 is 0. The van der Waals surface area contributed by atoms with Gasteiger partial charge in [-0.15, -0.1) is 11.8 Å². The summed E-state index contributed by atoms with van der Waals surface area (Å²) in [5, 5.41) is 14.3. The van der Waals surface area contributed by atoms with Gasteiger partial charge in [-0.3, -0.25) is 9.59 Å².